The van der Waals surface area contributed by atoms with E-state index >= 15 is 0 Å². The zero-order valence-corrected chi connectivity index (χ0v) is 25.0. The molecule has 1 aromatic heterocycles. The van der Waals surface area contributed by atoms with Gasteiger partial charge in [0.25, 0.3) is 5.91 Å². The molecule has 42 heavy (non-hydrogen) atoms. The molecule has 0 spiro atoms. The molecule has 15 heteroatoms. The number of ether oxygens (including phenoxy) is 2. The number of aromatic nitrogens is 1. The van der Waals surface area contributed by atoms with Crippen molar-refractivity contribution in [2.24, 2.45) is 5.16 Å². The molecule has 3 fully saturated rings. The SMILES string of the molecule is COC(=O)C(=O)N1CCN(Cc2cnc(NC(=O)C(=NO[C@@H]3CCOC3)c3ccc(S(=O)(=O)C4CC4)cc3)s2)C[C@@H]1C. The highest BCUT2D eigenvalue weighted by Crippen LogP contribution is 2.33. The maximum absolute atomic E-state index is 13.3. The first-order valence-corrected chi connectivity index (χ1v) is 16.0. The summed E-state index contributed by atoms with van der Waals surface area (Å²) in [6, 6.07) is 5.92. The number of carbonyl (C=O) groups excluding carboxylic acids is 3. The molecule has 3 aliphatic rings. The number of piperazine rings is 1. The van der Waals surface area contributed by atoms with E-state index in [1.54, 1.807) is 18.3 Å². The average molecular weight is 620 g/mol. The minimum Gasteiger partial charge on any atom is -0.462 e. The first kappa shape index (κ1) is 30.1. The third-order valence-electron chi connectivity index (χ3n) is 7.30. The molecule has 2 atom stereocenters. The Kier molecular flexibility index (Phi) is 9.20. The molecule has 13 nitrogen and oxygen atoms in total. The minimum atomic E-state index is -3.37. The summed E-state index contributed by atoms with van der Waals surface area (Å²) in [7, 11) is -2.18. The maximum atomic E-state index is 13.3. The molecule has 1 N–H and O–H groups in total. The molecule has 1 aromatic carbocycles. The molecule has 1 saturated carbocycles. The first-order valence-electron chi connectivity index (χ1n) is 13.7. The van der Waals surface area contributed by atoms with Crippen molar-refractivity contribution in [3.8, 4) is 0 Å². The average Bonchev–Trinajstić information content (AvgIpc) is 3.56. The van der Waals surface area contributed by atoms with Crippen molar-refractivity contribution < 1.29 is 37.1 Å². The fraction of sp³-hybridized carbons (Fsp3) is 0.519. The van der Waals surface area contributed by atoms with Gasteiger partial charge in [-0.3, -0.25) is 19.8 Å². The Morgan fingerprint density at radius 3 is 2.57 bits per heavy atom. The lowest BCUT2D eigenvalue weighted by Gasteiger charge is -2.39. The van der Waals surface area contributed by atoms with Gasteiger partial charge < -0.3 is 19.2 Å². The number of methoxy groups -OCH3 is 1. The number of anilines is 1. The van der Waals surface area contributed by atoms with E-state index in [9.17, 15) is 22.8 Å². The van der Waals surface area contributed by atoms with Crippen molar-refractivity contribution in [3.63, 3.8) is 0 Å². The van der Waals surface area contributed by atoms with E-state index in [4.69, 9.17) is 9.57 Å². The fourth-order valence-corrected chi connectivity index (χ4v) is 7.33. The Bertz CT molecular complexity index is 1450. The number of thiazole rings is 1. The first-order chi connectivity index (χ1) is 20.2. The van der Waals surface area contributed by atoms with Gasteiger partial charge >= 0.3 is 11.9 Å². The summed E-state index contributed by atoms with van der Waals surface area (Å²) in [5.74, 6) is -2.06. The molecule has 2 aliphatic heterocycles. The van der Waals surface area contributed by atoms with Gasteiger partial charge in [-0.15, -0.1) is 11.3 Å². The molecule has 2 saturated heterocycles. The van der Waals surface area contributed by atoms with E-state index in [-0.39, 0.29) is 28.0 Å². The van der Waals surface area contributed by atoms with Crippen LogP contribution in [0.25, 0.3) is 0 Å². The van der Waals surface area contributed by atoms with Crippen LogP contribution in [0, 0.1) is 0 Å². The predicted octanol–water partition coefficient (Wildman–Crippen LogP) is 1.43. The van der Waals surface area contributed by atoms with Gasteiger partial charge in [-0.25, -0.2) is 18.2 Å². The van der Waals surface area contributed by atoms with Crippen LogP contribution in [0.4, 0.5) is 5.13 Å². The van der Waals surface area contributed by atoms with Crippen LogP contribution in [0.1, 0.15) is 36.6 Å². The lowest BCUT2D eigenvalue weighted by Crippen LogP contribution is -2.55. The summed E-state index contributed by atoms with van der Waals surface area (Å²) in [5, 5.41) is 6.95. The highest BCUT2D eigenvalue weighted by Gasteiger charge is 2.37. The molecule has 3 heterocycles. The van der Waals surface area contributed by atoms with Crippen LogP contribution in [0.3, 0.4) is 0 Å². The number of hydrogen-bond donors (Lipinski definition) is 1. The van der Waals surface area contributed by atoms with Crippen LogP contribution in [0.5, 0.6) is 0 Å². The van der Waals surface area contributed by atoms with Gasteiger partial charge in [0.1, 0.15) is 0 Å². The van der Waals surface area contributed by atoms with Crippen LogP contribution in [-0.2, 0) is 45.1 Å². The van der Waals surface area contributed by atoms with E-state index in [2.05, 4.69) is 25.1 Å². The van der Waals surface area contributed by atoms with E-state index in [1.165, 1.54) is 35.5 Å². The van der Waals surface area contributed by atoms with Crippen molar-refractivity contribution in [3.05, 3.63) is 40.9 Å². The Morgan fingerprint density at radius 2 is 1.93 bits per heavy atom. The van der Waals surface area contributed by atoms with Crippen LogP contribution >= 0.6 is 11.3 Å². The highest BCUT2D eigenvalue weighted by molar-refractivity contribution is 7.92. The van der Waals surface area contributed by atoms with Gasteiger partial charge in [0.2, 0.25) is 0 Å². The normalized spacial score (nSPS) is 21.7. The highest BCUT2D eigenvalue weighted by atomic mass is 32.2. The Balaban J connectivity index is 1.24. The van der Waals surface area contributed by atoms with E-state index in [0.29, 0.717) is 69.4 Å². The number of rotatable bonds is 9. The Morgan fingerprint density at radius 1 is 1.17 bits per heavy atom. The standard InChI is InChI=1S/C27H33N5O8S2/c1-17-14-31(10-11-32(17)25(34)26(35)38-2)15-20-13-28-27(41-20)29-24(33)23(30-40-19-9-12-39-16-19)18-3-5-21(6-4-18)42(36,37)22-7-8-22/h3-6,13,17,19,22H,7-12,14-16H2,1-2H3,(H,28,29,33)/t17-,19+/m0/s1. The quantitative estimate of drug-likeness (QED) is 0.189. The molecule has 0 unspecified atom stereocenters. The summed E-state index contributed by atoms with van der Waals surface area (Å²) < 4.78 is 35.1. The lowest BCUT2D eigenvalue weighted by atomic mass is 10.1. The van der Waals surface area contributed by atoms with Gasteiger partial charge in [0.05, 0.1) is 30.5 Å². The molecular formula is C27H33N5O8S2. The zero-order valence-electron chi connectivity index (χ0n) is 23.4. The molecule has 5 rings (SSSR count). The monoisotopic (exact) mass is 619 g/mol. The summed E-state index contributed by atoms with van der Waals surface area (Å²) in [6.07, 6.45) is 3.38. The Labute approximate surface area is 247 Å². The number of esters is 1. The van der Waals surface area contributed by atoms with E-state index < -0.39 is 27.6 Å². The van der Waals surface area contributed by atoms with Crippen LogP contribution < -0.4 is 5.32 Å². The third-order valence-corrected chi connectivity index (χ3v) is 10.5. The molecule has 1 aliphatic carbocycles. The van der Waals surface area contributed by atoms with E-state index in [0.717, 1.165) is 4.88 Å². The summed E-state index contributed by atoms with van der Waals surface area (Å²) >= 11 is 1.31. The number of oxime groups is 1. The van der Waals surface area contributed by atoms with Crippen molar-refractivity contribution in [2.45, 2.75) is 55.0 Å². The Hall–Kier alpha value is -3.40. The van der Waals surface area contributed by atoms with Crippen LogP contribution in [0.2, 0.25) is 0 Å². The molecular weight excluding hydrogens is 586 g/mol. The second kappa shape index (κ2) is 12.9. The fourth-order valence-electron chi connectivity index (χ4n) is 4.82. The van der Waals surface area contributed by atoms with Crippen LogP contribution in [0.15, 0.2) is 40.5 Å². The summed E-state index contributed by atoms with van der Waals surface area (Å²) in [5.41, 5.74) is 0.403. The summed E-state index contributed by atoms with van der Waals surface area (Å²) in [6.45, 7) is 4.88. The topological polar surface area (TPSA) is 157 Å². The van der Waals surface area contributed by atoms with Gasteiger partial charge in [0.15, 0.2) is 26.8 Å². The summed E-state index contributed by atoms with van der Waals surface area (Å²) in [4.78, 5) is 51.9. The number of benzene rings is 1. The van der Waals surface area contributed by atoms with Crippen molar-refractivity contribution in [1.29, 1.82) is 0 Å². The number of amides is 2. The van der Waals surface area contributed by atoms with Crippen molar-refractivity contribution >= 4 is 49.8 Å². The third kappa shape index (κ3) is 6.97. The molecule has 0 bridgehead atoms. The van der Waals surface area contributed by atoms with Gasteiger partial charge in [0, 0.05) is 55.3 Å². The molecule has 0 radical (unpaired) electrons. The number of nitrogens with one attached hydrogen (secondary N) is 1. The minimum absolute atomic E-state index is 0.00533. The maximum Gasteiger partial charge on any atom is 0.396 e. The van der Waals surface area contributed by atoms with Gasteiger partial charge in [-0.05, 0) is 31.9 Å². The van der Waals surface area contributed by atoms with Crippen LogP contribution in [-0.4, -0.2) is 104 Å². The van der Waals surface area contributed by atoms with Crippen molar-refractivity contribution in [1.82, 2.24) is 14.8 Å². The zero-order chi connectivity index (χ0) is 29.9. The number of carbonyl (C=O) groups is 3. The largest absolute Gasteiger partial charge is 0.462 e. The van der Waals surface area contributed by atoms with E-state index in [1.807, 2.05) is 6.92 Å². The second-order valence-electron chi connectivity index (χ2n) is 10.5. The van der Waals surface area contributed by atoms with Gasteiger partial charge in [-0.1, -0.05) is 17.3 Å². The van der Waals surface area contributed by atoms with Crippen molar-refractivity contribution in [2.75, 3.05) is 45.3 Å². The second-order valence-corrected chi connectivity index (χ2v) is 13.8. The number of hydrogen-bond acceptors (Lipinski definition) is 12. The molecule has 2 aromatic rings. The molecule has 226 valence electrons. The number of sulfone groups is 1. The lowest BCUT2D eigenvalue weighted by molar-refractivity contribution is -0.160. The smallest absolute Gasteiger partial charge is 0.396 e. The predicted molar refractivity (Wildman–Crippen MR) is 153 cm³/mol. The molecule has 2 amide bonds. The van der Waals surface area contributed by atoms with Gasteiger partial charge in [-0.2, -0.15) is 0 Å². The number of nitrogens with zero attached hydrogens (tertiary/aromatic N) is 4.